The fraction of sp³-hybridized carbons (Fsp3) is 0.500. The van der Waals surface area contributed by atoms with Gasteiger partial charge in [0.25, 0.3) is 0 Å². The van der Waals surface area contributed by atoms with Gasteiger partial charge in [0.2, 0.25) is 10.0 Å². The molecule has 5 nitrogen and oxygen atoms in total. The number of anilines is 1. The van der Waals surface area contributed by atoms with Crippen molar-refractivity contribution < 1.29 is 13.2 Å². The summed E-state index contributed by atoms with van der Waals surface area (Å²) >= 11 is 0. The zero-order chi connectivity index (χ0) is 14.6. The molecule has 0 amide bonds. The standard InChI is InChI=1S/C14H20N2O3S/c1-2-10-20(18,19)16-12-7-5-11(6-8-12)14(17)13-4-3-9-15-13/h5-8,13,15-16H,2-4,9-10H2,1H3. The maximum atomic E-state index is 12.1. The number of carbonyl (C=O) groups is 1. The average molecular weight is 296 g/mol. The highest BCUT2D eigenvalue weighted by molar-refractivity contribution is 7.92. The Balaban J connectivity index is 2.04. The van der Waals surface area contributed by atoms with Crippen molar-refractivity contribution in [1.82, 2.24) is 5.32 Å². The molecule has 1 heterocycles. The van der Waals surface area contributed by atoms with E-state index in [-0.39, 0.29) is 17.6 Å². The number of Topliss-reactive ketones (excluding diaryl/α,β-unsaturated/α-hetero) is 1. The highest BCUT2D eigenvalue weighted by atomic mass is 32.2. The Kier molecular flexibility index (Phi) is 4.77. The van der Waals surface area contributed by atoms with Crippen molar-refractivity contribution in [3.05, 3.63) is 29.8 Å². The van der Waals surface area contributed by atoms with Crippen LogP contribution in [0, 0.1) is 0 Å². The number of carbonyl (C=O) groups excluding carboxylic acids is 1. The minimum absolute atomic E-state index is 0.0745. The van der Waals surface area contributed by atoms with Gasteiger partial charge < -0.3 is 5.32 Å². The quantitative estimate of drug-likeness (QED) is 0.785. The van der Waals surface area contributed by atoms with Gasteiger partial charge in [-0.05, 0) is 50.1 Å². The van der Waals surface area contributed by atoms with E-state index in [1.54, 1.807) is 24.3 Å². The zero-order valence-electron chi connectivity index (χ0n) is 11.6. The van der Waals surface area contributed by atoms with Crippen LogP contribution >= 0.6 is 0 Å². The van der Waals surface area contributed by atoms with Crippen LogP contribution in [0.1, 0.15) is 36.5 Å². The molecular weight excluding hydrogens is 276 g/mol. The van der Waals surface area contributed by atoms with Gasteiger partial charge in [-0.15, -0.1) is 0 Å². The molecule has 1 aliphatic heterocycles. The van der Waals surface area contributed by atoms with Crippen LogP contribution in [-0.2, 0) is 10.0 Å². The fourth-order valence-electron chi connectivity index (χ4n) is 2.31. The Bertz CT molecular complexity index is 561. The molecule has 110 valence electrons. The molecule has 1 unspecified atom stereocenters. The number of ketones is 1. The molecule has 6 heteroatoms. The number of sulfonamides is 1. The number of hydrogen-bond acceptors (Lipinski definition) is 4. The second kappa shape index (κ2) is 6.37. The maximum Gasteiger partial charge on any atom is 0.232 e. The predicted octanol–water partition coefficient (Wildman–Crippen LogP) is 1.77. The Hall–Kier alpha value is -1.40. The van der Waals surface area contributed by atoms with Crippen molar-refractivity contribution in [3.8, 4) is 0 Å². The van der Waals surface area contributed by atoms with E-state index in [4.69, 9.17) is 0 Å². The summed E-state index contributed by atoms with van der Waals surface area (Å²) < 4.78 is 25.8. The normalized spacial score (nSPS) is 18.9. The van der Waals surface area contributed by atoms with Crippen LogP contribution in [0.3, 0.4) is 0 Å². The second-order valence-corrected chi connectivity index (χ2v) is 6.85. The minimum atomic E-state index is -3.28. The summed E-state index contributed by atoms with van der Waals surface area (Å²) in [4.78, 5) is 12.1. The van der Waals surface area contributed by atoms with Gasteiger partial charge in [-0.1, -0.05) is 6.92 Å². The van der Waals surface area contributed by atoms with Crippen LogP contribution in [0.25, 0.3) is 0 Å². The van der Waals surface area contributed by atoms with Crippen molar-refractivity contribution in [3.63, 3.8) is 0 Å². The number of hydrogen-bond donors (Lipinski definition) is 2. The molecule has 0 spiro atoms. The summed E-state index contributed by atoms with van der Waals surface area (Å²) in [7, 11) is -3.28. The van der Waals surface area contributed by atoms with Crippen LogP contribution in [-0.4, -0.2) is 32.5 Å². The molecule has 2 rings (SSSR count). The van der Waals surface area contributed by atoms with Crippen LogP contribution in [0.15, 0.2) is 24.3 Å². The molecule has 0 aliphatic carbocycles. The maximum absolute atomic E-state index is 12.1. The smallest absolute Gasteiger partial charge is 0.232 e. The van der Waals surface area contributed by atoms with Gasteiger partial charge in [0.1, 0.15) is 0 Å². The monoisotopic (exact) mass is 296 g/mol. The largest absolute Gasteiger partial charge is 0.307 e. The number of rotatable bonds is 6. The second-order valence-electron chi connectivity index (χ2n) is 5.01. The molecule has 0 bridgehead atoms. The Morgan fingerprint density at radius 2 is 2.05 bits per heavy atom. The molecule has 0 aromatic heterocycles. The van der Waals surface area contributed by atoms with E-state index in [0.717, 1.165) is 19.4 Å². The van der Waals surface area contributed by atoms with E-state index >= 15 is 0 Å². The third kappa shape index (κ3) is 3.80. The lowest BCUT2D eigenvalue weighted by Gasteiger charge is -2.10. The molecule has 1 atom stereocenters. The first kappa shape index (κ1) is 15.0. The van der Waals surface area contributed by atoms with Gasteiger partial charge in [0, 0.05) is 11.3 Å². The van der Waals surface area contributed by atoms with E-state index < -0.39 is 10.0 Å². The summed E-state index contributed by atoms with van der Waals surface area (Å²) in [5.74, 6) is 0.171. The molecule has 0 radical (unpaired) electrons. The van der Waals surface area contributed by atoms with Gasteiger partial charge in [-0.3, -0.25) is 9.52 Å². The van der Waals surface area contributed by atoms with Crippen LogP contribution in [0.2, 0.25) is 0 Å². The molecule has 1 aliphatic rings. The lowest BCUT2D eigenvalue weighted by Crippen LogP contribution is -2.30. The van der Waals surface area contributed by atoms with E-state index in [2.05, 4.69) is 10.0 Å². The van der Waals surface area contributed by atoms with Gasteiger partial charge in [0.05, 0.1) is 11.8 Å². The Morgan fingerprint density at radius 3 is 2.60 bits per heavy atom. The lowest BCUT2D eigenvalue weighted by atomic mass is 10.0. The summed E-state index contributed by atoms with van der Waals surface area (Å²) in [6, 6.07) is 6.51. The van der Waals surface area contributed by atoms with E-state index in [1.165, 1.54) is 0 Å². The molecule has 1 aromatic carbocycles. The van der Waals surface area contributed by atoms with Crippen molar-refractivity contribution in [2.45, 2.75) is 32.2 Å². The third-order valence-corrected chi connectivity index (χ3v) is 4.78. The molecule has 0 saturated carbocycles. The Labute approximate surface area is 119 Å². The molecule has 20 heavy (non-hydrogen) atoms. The molecule has 1 saturated heterocycles. The van der Waals surface area contributed by atoms with Crippen LogP contribution in [0.4, 0.5) is 5.69 Å². The van der Waals surface area contributed by atoms with Crippen molar-refractivity contribution >= 4 is 21.5 Å². The molecule has 1 fully saturated rings. The molecule has 2 N–H and O–H groups in total. The van der Waals surface area contributed by atoms with Gasteiger partial charge in [-0.2, -0.15) is 0 Å². The SMILES string of the molecule is CCCS(=O)(=O)Nc1ccc(C(=O)C2CCCN2)cc1. The van der Waals surface area contributed by atoms with Crippen LogP contribution < -0.4 is 10.0 Å². The highest BCUT2D eigenvalue weighted by Crippen LogP contribution is 2.16. The van der Waals surface area contributed by atoms with Crippen LogP contribution in [0.5, 0.6) is 0 Å². The summed E-state index contributed by atoms with van der Waals surface area (Å²) in [5, 5.41) is 3.16. The van der Waals surface area contributed by atoms with Crippen molar-refractivity contribution in [2.75, 3.05) is 17.0 Å². The predicted molar refractivity (Wildman–Crippen MR) is 79.5 cm³/mol. The summed E-state index contributed by atoms with van der Waals surface area (Å²) in [6.45, 7) is 2.70. The molecule has 1 aromatic rings. The fourth-order valence-corrected chi connectivity index (χ4v) is 3.45. The third-order valence-electron chi connectivity index (χ3n) is 3.29. The first-order valence-corrected chi connectivity index (χ1v) is 8.55. The van der Waals surface area contributed by atoms with Gasteiger partial charge >= 0.3 is 0 Å². The minimum Gasteiger partial charge on any atom is -0.307 e. The van der Waals surface area contributed by atoms with E-state index in [9.17, 15) is 13.2 Å². The average Bonchev–Trinajstić information content (AvgIpc) is 2.92. The Morgan fingerprint density at radius 1 is 1.35 bits per heavy atom. The first-order chi connectivity index (χ1) is 9.52. The van der Waals surface area contributed by atoms with Crippen molar-refractivity contribution in [2.24, 2.45) is 0 Å². The molecular formula is C14H20N2O3S. The van der Waals surface area contributed by atoms with Gasteiger partial charge in [0.15, 0.2) is 5.78 Å². The number of nitrogens with one attached hydrogen (secondary N) is 2. The van der Waals surface area contributed by atoms with E-state index in [1.807, 2.05) is 6.92 Å². The van der Waals surface area contributed by atoms with Gasteiger partial charge in [-0.25, -0.2) is 8.42 Å². The van der Waals surface area contributed by atoms with Crippen molar-refractivity contribution in [1.29, 1.82) is 0 Å². The lowest BCUT2D eigenvalue weighted by molar-refractivity contribution is 0.0952. The van der Waals surface area contributed by atoms with E-state index in [0.29, 0.717) is 17.7 Å². The first-order valence-electron chi connectivity index (χ1n) is 6.90. The number of benzene rings is 1. The summed E-state index contributed by atoms with van der Waals surface area (Å²) in [6.07, 6.45) is 2.45. The summed E-state index contributed by atoms with van der Waals surface area (Å²) in [5.41, 5.74) is 1.11. The highest BCUT2D eigenvalue weighted by Gasteiger charge is 2.23. The topological polar surface area (TPSA) is 75.3 Å². The zero-order valence-corrected chi connectivity index (χ0v) is 12.4.